The molecule has 2 N–H and O–H groups in total. The molecule has 0 bridgehead atoms. The Morgan fingerprint density at radius 2 is 1.86 bits per heavy atom. The van der Waals surface area contributed by atoms with Crippen molar-refractivity contribution in [3.63, 3.8) is 0 Å². The molecule has 1 atom stereocenters. The number of anilines is 2. The molecule has 3 heterocycles. The van der Waals surface area contributed by atoms with Crippen molar-refractivity contribution < 1.29 is 23.5 Å². The van der Waals surface area contributed by atoms with Crippen LogP contribution in [0.5, 0.6) is 5.75 Å². The maximum absolute atomic E-state index is 13.8. The highest BCUT2D eigenvalue weighted by Crippen LogP contribution is 2.45. The van der Waals surface area contributed by atoms with Crippen LogP contribution in [0.15, 0.2) is 66.7 Å². The van der Waals surface area contributed by atoms with Crippen LogP contribution in [0.2, 0.25) is 0 Å². The molecule has 1 saturated heterocycles. The number of H-pyrrole nitrogens is 1. The van der Waals surface area contributed by atoms with E-state index in [-0.39, 0.29) is 5.91 Å². The lowest BCUT2D eigenvalue weighted by atomic mass is 9.87. The van der Waals surface area contributed by atoms with Gasteiger partial charge in [-0.1, -0.05) is 6.07 Å². The van der Waals surface area contributed by atoms with Gasteiger partial charge >= 0.3 is 6.03 Å². The first-order valence-corrected chi connectivity index (χ1v) is 11.8. The van der Waals surface area contributed by atoms with Gasteiger partial charge in [-0.3, -0.25) is 9.59 Å². The zero-order valence-corrected chi connectivity index (χ0v) is 20.2. The molecular formula is C28H23FN4O4. The van der Waals surface area contributed by atoms with E-state index in [1.807, 2.05) is 18.2 Å². The van der Waals surface area contributed by atoms with Gasteiger partial charge in [0.1, 0.15) is 11.6 Å². The lowest BCUT2D eigenvalue weighted by Gasteiger charge is -2.35. The van der Waals surface area contributed by atoms with E-state index < -0.39 is 23.3 Å². The van der Waals surface area contributed by atoms with Crippen LogP contribution in [-0.4, -0.2) is 41.4 Å². The van der Waals surface area contributed by atoms with Gasteiger partial charge in [0, 0.05) is 28.7 Å². The first-order valence-electron chi connectivity index (χ1n) is 11.8. The van der Waals surface area contributed by atoms with Crippen molar-refractivity contribution in [2.24, 2.45) is 0 Å². The zero-order chi connectivity index (χ0) is 25.9. The third-order valence-corrected chi connectivity index (χ3v) is 7.24. The third kappa shape index (κ3) is 3.38. The number of carbonyl (C=O) groups excluding carboxylic acids is 3. The lowest BCUT2D eigenvalue weighted by molar-refractivity contribution is -0.125. The second-order valence-electron chi connectivity index (χ2n) is 9.30. The highest BCUT2D eigenvalue weighted by Gasteiger charge is 2.59. The quantitative estimate of drug-likeness (QED) is 0.395. The van der Waals surface area contributed by atoms with Gasteiger partial charge in [-0.05, 0) is 79.6 Å². The van der Waals surface area contributed by atoms with Gasteiger partial charge in [-0.2, -0.15) is 0 Å². The fraction of sp³-hybridized carbons (Fsp3) is 0.179. The fourth-order valence-electron chi connectivity index (χ4n) is 5.30. The number of nitrogens with zero attached hydrogens (tertiary/aromatic N) is 2. The minimum Gasteiger partial charge on any atom is -0.497 e. The normalized spacial score (nSPS) is 18.7. The predicted octanol–water partition coefficient (Wildman–Crippen LogP) is 4.81. The largest absolute Gasteiger partial charge is 0.497 e. The first-order chi connectivity index (χ1) is 17.8. The van der Waals surface area contributed by atoms with Crippen molar-refractivity contribution >= 4 is 40.1 Å². The van der Waals surface area contributed by atoms with E-state index in [0.29, 0.717) is 35.6 Å². The fourth-order valence-corrected chi connectivity index (χ4v) is 5.30. The number of ether oxygens (including phenoxy) is 1. The number of nitrogens with one attached hydrogen (secondary N) is 2. The van der Waals surface area contributed by atoms with Crippen molar-refractivity contribution in [3.8, 4) is 5.75 Å². The number of hydrogen-bond donors (Lipinski definition) is 2. The first kappa shape index (κ1) is 22.8. The summed E-state index contributed by atoms with van der Waals surface area (Å²) in [6.07, 6.45) is 0.601. The molecule has 1 fully saturated rings. The number of amides is 4. The molecule has 3 aromatic carbocycles. The highest BCUT2D eigenvalue weighted by molar-refractivity contribution is 6.23. The Kier molecular flexibility index (Phi) is 5.04. The monoisotopic (exact) mass is 498 g/mol. The van der Waals surface area contributed by atoms with Crippen LogP contribution in [0, 0.1) is 5.82 Å². The number of aromatic amines is 1. The topological polar surface area (TPSA) is 94.7 Å². The van der Waals surface area contributed by atoms with Crippen LogP contribution in [0.4, 0.5) is 20.6 Å². The summed E-state index contributed by atoms with van der Waals surface area (Å²) in [5.74, 6) is -0.534. The molecule has 2 aliphatic rings. The van der Waals surface area contributed by atoms with E-state index in [1.54, 1.807) is 37.1 Å². The number of rotatable bonds is 4. The number of imide groups is 1. The number of urea groups is 1. The number of aromatic nitrogens is 1. The van der Waals surface area contributed by atoms with E-state index >= 15 is 0 Å². The number of halogens is 1. The van der Waals surface area contributed by atoms with Gasteiger partial charge in [0.05, 0.1) is 18.5 Å². The molecule has 0 saturated carbocycles. The Hall–Kier alpha value is -4.66. The summed E-state index contributed by atoms with van der Waals surface area (Å²) in [7, 11) is 1.61. The number of methoxy groups -OCH3 is 1. The summed E-state index contributed by atoms with van der Waals surface area (Å²) in [6.45, 7) is 2.15. The molecule has 1 aromatic heterocycles. The van der Waals surface area contributed by atoms with E-state index in [1.165, 1.54) is 30.3 Å². The zero-order valence-electron chi connectivity index (χ0n) is 20.2. The van der Waals surface area contributed by atoms with E-state index in [2.05, 4.69) is 10.3 Å². The second kappa shape index (κ2) is 8.19. The van der Waals surface area contributed by atoms with Gasteiger partial charge in [0.15, 0.2) is 5.54 Å². The van der Waals surface area contributed by atoms with E-state index in [9.17, 15) is 18.8 Å². The van der Waals surface area contributed by atoms with Gasteiger partial charge in [0.2, 0.25) is 0 Å². The molecule has 4 amide bonds. The van der Waals surface area contributed by atoms with Crippen molar-refractivity contribution in [2.45, 2.75) is 18.9 Å². The van der Waals surface area contributed by atoms with E-state index in [4.69, 9.17) is 4.74 Å². The third-order valence-electron chi connectivity index (χ3n) is 7.24. The summed E-state index contributed by atoms with van der Waals surface area (Å²) in [5.41, 5.74) is 2.39. The van der Waals surface area contributed by atoms with E-state index in [0.717, 1.165) is 27.1 Å². The Labute approximate surface area is 211 Å². The van der Waals surface area contributed by atoms with Crippen LogP contribution in [0.3, 0.4) is 0 Å². The van der Waals surface area contributed by atoms with Crippen molar-refractivity contribution in [1.29, 1.82) is 0 Å². The van der Waals surface area contributed by atoms with Gasteiger partial charge in [-0.15, -0.1) is 0 Å². The summed E-state index contributed by atoms with van der Waals surface area (Å²) in [6, 6.07) is 17.1. The molecule has 0 aliphatic carbocycles. The lowest BCUT2D eigenvalue weighted by Crippen LogP contribution is -2.49. The van der Waals surface area contributed by atoms with Gasteiger partial charge in [0.25, 0.3) is 11.8 Å². The molecule has 0 radical (unpaired) electrons. The molecule has 2 aliphatic heterocycles. The predicted molar refractivity (Wildman–Crippen MR) is 136 cm³/mol. The van der Waals surface area contributed by atoms with Crippen molar-refractivity contribution in [1.82, 2.24) is 9.88 Å². The number of carbonyl (C=O) groups is 3. The molecule has 6 rings (SSSR count). The molecule has 9 heteroatoms. The number of fused-ring (bicyclic) bond motifs is 5. The average molecular weight is 499 g/mol. The van der Waals surface area contributed by atoms with Crippen molar-refractivity contribution in [2.75, 3.05) is 23.9 Å². The smallest absolute Gasteiger partial charge is 0.332 e. The van der Waals surface area contributed by atoms with Crippen LogP contribution in [0.1, 0.15) is 28.5 Å². The SMILES string of the molecule is COc1ccc2[nH]c3c(c2c1)CCN1C(=O)N(c2ccc(C(=O)Nc4cccc(F)c4)cc2)C(=O)C31C. The standard InChI is InChI=1S/C28H23FN4O4/c1-28-24-21(22-15-20(37-2)10-11-23(22)31-24)12-13-32(28)27(36)33(26(28)35)19-8-6-16(7-9-19)25(34)30-18-5-3-4-17(29)14-18/h3-11,14-15,31H,12-13H2,1-2H3,(H,30,34). The Balaban J connectivity index is 1.31. The number of benzene rings is 3. The van der Waals surface area contributed by atoms with Crippen LogP contribution in [0.25, 0.3) is 10.9 Å². The summed E-state index contributed by atoms with van der Waals surface area (Å²) in [5, 5.41) is 3.61. The Morgan fingerprint density at radius 3 is 2.59 bits per heavy atom. The molecule has 8 nitrogen and oxygen atoms in total. The maximum atomic E-state index is 13.8. The van der Waals surface area contributed by atoms with Gasteiger partial charge in [-0.25, -0.2) is 14.1 Å². The minimum absolute atomic E-state index is 0.308. The summed E-state index contributed by atoms with van der Waals surface area (Å²) in [4.78, 5) is 46.0. The minimum atomic E-state index is -1.19. The van der Waals surface area contributed by atoms with Gasteiger partial charge < -0.3 is 19.9 Å². The van der Waals surface area contributed by atoms with Crippen LogP contribution in [-0.2, 0) is 16.8 Å². The maximum Gasteiger partial charge on any atom is 0.332 e. The summed E-state index contributed by atoms with van der Waals surface area (Å²) < 4.78 is 18.8. The van der Waals surface area contributed by atoms with Crippen LogP contribution >= 0.6 is 0 Å². The second-order valence-corrected chi connectivity index (χ2v) is 9.30. The summed E-state index contributed by atoms with van der Waals surface area (Å²) >= 11 is 0. The Morgan fingerprint density at radius 1 is 1.08 bits per heavy atom. The Bertz CT molecular complexity index is 1600. The van der Waals surface area contributed by atoms with Crippen LogP contribution < -0.4 is 15.0 Å². The molecule has 37 heavy (non-hydrogen) atoms. The molecular weight excluding hydrogens is 475 g/mol. The molecule has 186 valence electrons. The molecule has 0 spiro atoms. The highest BCUT2D eigenvalue weighted by atomic mass is 19.1. The molecule has 1 unspecified atom stereocenters. The number of hydrogen-bond acceptors (Lipinski definition) is 4. The molecule has 4 aromatic rings. The average Bonchev–Trinajstić information content (AvgIpc) is 3.36. The van der Waals surface area contributed by atoms with Crippen molar-refractivity contribution in [3.05, 3.63) is 89.4 Å².